The molecule has 142 valence electrons. The van der Waals surface area contributed by atoms with Gasteiger partial charge in [0.15, 0.2) is 0 Å². The van der Waals surface area contributed by atoms with Gasteiger partial charge in [-0.05, 0) is 42.8 Å². The smallest absolute Gasteiger partial charge is 0.269 e. The fourth-order valence-electron chi connectivity index (χ4n) is 4.66. The minimum absolute atomic E-state index is 0.00608. The molecule has 1 aromatic heterocycles. The van der Waals surface area contributed by atoms with Crippen LogP contribution < -0.4 is 10.2 Å². The van der Waals surface area contributed by atoms with Crippen LogP contribution in [-0.2, 0) is 6.54 Å². The molecule has 2 saturated heterocycles. The molecule has 0 aliphatic carbocycles. The number of hydrogen-bond acceptors (Lipinski definition) is 4. The normalized spacial score (nSPS) is 27.1. The highest BCUT2D eigenvalue weighted by molar-refractivity contribution is 7.09. The van der Waals surface area contributed by atoms with E-state index in [0.717, 1.165) is 19.4 Å². The highest BCUT2D eigenvalue weighted by atomic mass is 32.1. The van der Waals surface area contributed by atoms with Crippen LogP contribution >= 0.6 is 11.3 Å². The van der Waals surface area contributed by atoms with Crippen molar-refractivity contribution >= 4 is 22.9 Å². The molecule has 2 bridgehead atoms. The highest BCUT2D eigenvalue weighted by Crippen LogP contribution is 2.24. The number of nitro groups is 1. The summed E-state index contributed by atoms with van der Waals surface area (Å²) in [6, 6.07) is 11.6. The second-order valence-electron chi connectivity index (χ2n) is 7.60. The third kappa shape index (κ3) is 4.04. The zero-order chi connectivity index (χ0) is 18.8. The maximum absolute atomic E-state index is 12.6. The molecule has 27 heavy (non-hydrogen) atoms. The van der Waals surface area contributed by atoms with Gasteiger partial charge in [0.1, 0.15) is 6.54 Å². The first kappa shape index (κ1) is 18.1. The van der Waals surface area contributed by atoms with Crippen LogP contribution in [0.1, 0.15) is 47.3 Å². The summed E-state index contributed by atoms with van der Waals surface area (Å²) in [4.78, 5) is 26.0. The molecule has 2 fully saturated rings. The van der Waals surface area contributed by atoms with E-state index in [1.807, 2.05) is 11.3 Å². The third-order valence-electron chi connectivity index (χ3n) is 5.93. The number of piperidine rings is 2. The van der Waals surface area contributed by atoms with Gasteiger partial charge in [0.2, 0.25) is 0 Å². The molecule has 0 spiro atoms. The number of fused-ring (bicyclic) bond motifs is 2. The van der Waals surface area contributed by atoms with Crippen LogP contribution in [0.2, 0.25) is 0 Å². The first-order valence-corrected chi connectivity index (χ1v) is 10.4. The Kier molecular flexibility index (Phi) is 5.22. The van der Waals surface area contributed by atoms with Gasteiger partial charge in [-0.15, -0.1) is 11.3 Å². The van der Waals surface area contributed by atoms with E-state index in [9.17, 15) is 14.9 Å². The van der Waals surface area contributed by atoms with Crippen LogP contribution in [0.15, 0.2) is 41.8 Å². The van der Waals surface area contributed by atoms with Gasteiger partial charge in [-0.3, -0.25) is 14.9 Å². The van der Waals surface area contributed by atoms with Crippen molar-refractivity contribution in [1.82, 2.24) is 5.32 Å². The van der Waals surface area contributed by atoms with Crippen molar-refractivity contribution in [3.8, 4) is 0 Å². The minimum atomic E-state index is -0.449. The standard InChI is InChI=1S/C20H23N3O3S/c24-20(14-6-8-16(9-7-14)23(25)26)21-15-11-17-3-1-4-18(12-15)22(17)13-19-5-2-10-27-19/h2,5-10,15,17-18H,1,3-4,11-13H2,(H,21,24)/p+1/t15?,17-,18+. The van der Waals surface area contributed by atoms with Gasteiger partial charge in [-0.25, -0.2) is 0 Å². The van der Waals surface area contributed by atoms with E-state index in [4.69, 9.17) is 0 Å². The van der Waals surface area contributed by atoms with Crippen molar-refractivity contribution in [3.05, 3.63) is 62.3 Å². The Labute approximate surface area is 162 Å². The van der Waals surface area contributed by atoms with E-state index in [1.54, 1.807) is 4.90 Å². The molecule has 6 nitrogen and oxygen atoms in total. The van der Waals surface area contributed by atoms with Gasteiger partial charge in [-0.2, -0.15) is 0 Å². The van der Waals surface area contributed by atoms with Gasteiger partial charge < -0.3 is 10.2 Å². The van der Waals surface area contributed by atoms with E-state index >= 15 is 0 Å². The number of amides is 1. The Hall–Kier alpha value is -2.25. The predicted molar refractivity (Wildman–Crippen MR) is 104 cm³/mol. The van der Waals surface area contributed by atoms with Crippen LogP contribution in [0.25, 0.3) is 0 Å². The van der Waals surface area contributed by atoms with Gasteiger partial charge in [-0.1, -0.05) is 6.07 Å². The van der Waals surface area contributed by atoms with Gasteiger partial charge in [0.05, 0.1) is 21.9 Å². The second-order valence-corrected chi connectivity index (χ2v) is 8.63. The van der Waals surface area contributed by atoms with Crippen molar-refractivity contribution in [1.29, 1.82) is 0 Å². The number of carbonyl (C=O) groups excluding carboxylic acids is 1. The van der Waals surface area contributed by atoms with Gasteiger partial charge >= 0.3 is 0 Å². The summed E-state index contributed by atoms with van der Waals surface area (Å²) in [6.45, 7) is 1.09. The molecule has 3 heterocycles. The molecule has 2 aliphatic rings. The Morgan fingerprint density at radius 1 is 1.19 bits per heavy atom. The molecule has 0 saturated carbocycles. The molecule has 4 rings (SSSR count). The molecule has 4 atom stereocenters. The Morgan fingerprint density at radius 2 is 1.89 bits per heavy atom. The number of thiophene rings is 1. The van der Waals surface area contributed by atoms with E-state index < -0.39 is 4.92 Å². The van der Waals surface area contributed by atoms with Crippen LogP contribution in [0.5, 0.6) is 0 Å². The molecule has 1 aromatic carbocycles. The maximum atomic E-state index is 12.6. The number of quaternary nitrogens is 1. The molecule has 1 amide bonds. The molecule has 2 N–H and O–H groups in total. The SMILES string of the molecule is O=C(NC1C[C@H]2CCC[C@@H](C1)[NH+]2Cc1cccs1)c1ccc([N+](=O)[O-])cc1. The fraction of sp³-hybridized carbons (Fsp3) is 0.450. The largest absolute Gasteiger partial charge is 0.349 e. The number of benzene rings is 1. The quantitative estimate of drug-likeness (QED) is 0.612. The number of carbonyl (C=O) groups is 1. The number of non-ortho nitro benzene ring substituents is 1. The molecule has 2 aliphatic heterocycles. The second kappa shape index (κ2) is 7.78. The number of nitrogens with zero attached hydrogens (tertiary/aromatic N) is 1. The Balaban J connectivity index is 1.39. The van der Waals surface area contributed by atoms with Crippen LogP contribution in [0.3, 0.4) is 0 Å². The zero-order valence-electron chi connectivity index (χ0n) is 15.1. The molecule has 2 unspecified atom stereocenters. The Bertz CT molecular complexity index is 792. The molecular formula is C20H24N3O3S+. The lowest BCUT2D eigenvalue weighted by Crippen LogP contribution is -3.20. The van der Waals surface area contributed by atoms with E-state index in [-0.39, 0.29) is 17.6 Å². The maximum Gasteiger partial charge on any atom is 0.269 e. The first-order valence-electron chi connectivity index (χ1n) is 9.53. The number of nitro benzene ring substituents is 1. The lowest BCUT2D eigenvalue weighted by atomic mass is 9.81. The number of nitrogens with one attached hydrogen (secondary N) is 2. The average molecular weight is 386 g/mol. The minimum Gasteiger partial charge on any atom is -0.349 e. The lowest BCUT2D eigenvalue weighted by molar-refractivity contribution is -0.973. The summed E-state index contributed by atoms with van der Waals surface area (Å²) >= 11 is 1.83. The van der Waals surface area contributed by atoms with Crippen LogP contribution in [0.4, 0.5) is 5.69 Å². The monoisotopic (exact) mass is 386 g/mol. The summed E-state index contributed by atoms with van der Waals surface area (Å²) in [5, 5.41) is 16.1. The molecule has 2 aromatic rings. The van der Waals surface area contributed by atoms with Crippen molar-refractivity contribution in [3.63, 3.8) is 0 Å². The number of rotatable bonds is 5. The first-order chi connectivity index (χ1) is 13.1. The molecular weight excluding hydrogens is 362 g/mol. The summed E-state index contributed by atoms with van der Waals surface area (Å²) in [5.74, 6) is -0.130. The van der Waals surface area contributed by atoms with E-state index in [1.165, 1.54) is 48.4 Å². The van der Waals surface area contributed by atoms with Gasteiger partial charge in [0.25, 0.3) is 11.6 Å². The van der Waals surface area contributed by atoms with Crippen molar-refractivity contribution in [2.24, 2.45) is 0 Å². The summed E-state index contributed by atoms with van der Waals surface area (Å²) < 4.78 is 0. The van der Waals surface area contributed by atoms with E-state index in [2.05, 4.69) is 22.8 Å². The third-order valence-corrected chi connectivity index (χ3v) is 6.80. The highest BCUT2D eigenvalue weighted by Gasteiger charge is 2.42. The Morgan fingerprint density at radius 3 is 2.48 bits per heavy atom. The van der Waals surface area contributed by atoms with E-state index in [0.29, 0.717) is 17.6 Å². The molecule has 7 heteroatoms. The topological polar surface area (TPSA) is 76.7 Å². The van der Waals surface area contributed by atoms with Gasteiger partial charge in [0, 0.05) is 36.6 Å². The fourth-order valence-corrected chi connectivity index (χ4v) is 5.40. The van der Waals surface area contributed by atoms with Crippen molar-refractivity contribution in [2.75, 3.05) is 0 Å². The number of hydrogen-bond donors (Lipinski definition) is 2. The van der Waals surface area contributed by atoms with Crippen molar-refractivity contribution in [2.45, 2.75) is 56.8 Å². The van der Waals surface area contributed by atoms with Crippen LogP contribution in [0, 0.1) is 10.1 Å². The van der Waals surface area contributed by atoms with Crippen molar-refractivity contribution < 1.29 is 14.6 Å². The van der Waals surface area contributed by atoms with Crippen LogP contribution in [-0.4, -0.2) is 29.0 Å². The molecule has 0 radical (unpaired) electrons. The lowest BCUT2D eigenvalue weighted by Gasteiger charge is -2.45. The zero-order valence-corrected chi connectivity index (χ0v) is 15.9. The average Bonchev–Trinajstić information content (AvgIpc) is 3.15. The predicted octanol–water partition coefficient (Wildman–Crippen LogP) is 2.55. The summed E-state index contributed by atoms with van der Waals surface area (Å²) in [6.07, 6.45) is 5.75. The summed E-state index contributed by atoms with van der Waals surface area (Å²) in [5.41, 5.74) is 0.491. The summed E-state index contributed by atoms with van der Waals surface area (Å²) in [7, 11) is 0.